The van der Waals surface area contributed by atoms with E-state index in [4.69, 9.17) is 11.6 Å². The zero-order valence-corrected chi connectivity index (χ0v) is 12.3. The van der Waals surface area contributed by atoms with E-state index in [0.29, 0.717) is 5.75 Å². The molecular weight excluding hydrogens is 270 g/mol. The molecule has 1 heterocycles. The molecule has 0 fully saturated rings. The van der Waals surface area contributed by atoms with Crippen molar-refractivity contribution in [1.82, 2.24) is 0 Å². The van der Waals surface area contributed by atoms with Crippen LogP contribution < -0.4 is 0 Å². The zero-order valence-electron chi connectivity index (χ0n) is 11.5. The van der Waals surface area contributed by atoms with E-state index in [-0.39, 0.29) is 6.04 Å². The second-order valence-electron chi connectivity index (χ2n) is 5.26. The van der Waals surface area contributed by atoms with Gasteiger partial charge in [-0.1, -0.05) is 29.8 Å². The molecule has 0 saturated carbocycles. The molecule has 2 nitrogen and oxygen atoms in total. The minimum atomic E-state index is 0.246. The van der Waals surface area contributed by atoms with Crippen LogP contribution in [-0.4, -0.2) is 16.9 Å². The number of phenolic OH excluding ortho intramolecular Hbond substituents is 1. The monoisotopic (exact) mass is 285 g/mol. The SMILES string of the molecule is CC1=N[C@H](C)Cc2c(-c3ccc(Cl)cc3)ccc(O)c21. The number of hydrogen-bond donors (Lipinski definition) is 1. The van der Waals surface area contributed by atoms with Crippen LogP contribution in [0.2, 0.25) is 5.02 Å². The van der Waals surface area contributed by atoms with Crippen molar-refractivity contribution in [3.63, 3.8) is 0 Å². The number of aromatic hydroxyl groups is 1. The predicted molar refractivity (Wildman–Crippen MR) is 83.9 cm³/mol. The highest BCUT2D eigenvalue weighted by atomic mass is 35.5. The Morgan fingerprint density at radius 3 is 2.55 bits per heavy atom. The normalized spacial score (nSPS) is 17.6. The average molecular weight is 286 g/mol. The summed E-state index contributed by atoms with van der Waals surface area (Å²) in [7, 11) is 0. The van der Waals surface area contributed by atoms with Crippen LogP contribution in [0.3, 0.4) is 0 Å². The van der Waals surface area contributed by atoms with Crippen LogP contribution in [0, 0.1) is 0 Å². The van der Waals surface area contributed by atoms with Gasteiger partial charge in [0.05, 0.1) is 6.04 Å². The molecule has 0 aromatic heterocycles. The Morgan fingerprint density at radius 2 is 1.85 bits per heavy atom. The fraction of sp³-hybridized carbons (Fsp3) is 0.235. The van der Waals surface area contributed by atoms with Gasteiger partial charge in [-0.25, -0.2) is 0 Å². The van der Waals surface area contributed by atoms with Gasteiger partial charge in [-0.2, -0.15) is 0 Å². The van der Waals surface area contributed by atoms with Crippen molar-refractivity contribution in [2.24, 2.45) is 4.99 Å². The molecule has 1 aliphatic rings. The van der Waals surface area contributed by atoms with Crippen molar-refractivity contribution in [3.05, 3.63) is 52.5 Å². The first-order valence-corrected chi connectivity index (χ1v) is 7.09. The zero-order chi connectivity index (χ0) is 14.3. The molecule has 3 rings (SSSR count). The molecule has 0 amide bonds. The molecule has 2 aromatic carbocycles. The Bertz CT molecular complexity index is 689. The fourth-order valence-electron chi connectivity index (χ4n) is 2.89. The Morgan fingerprint density at radius 1 is 1.15 bits per heavy atom. The van der Waals surface area contributed by atoms with Crippen molar-refractivity contribution >= 4 is 17.3 Å². The lowest BCUT2D eigenvalue weighted by Gasteiger charge is -2.23. The van der Waals surface area contributed by atoms with Gasteiger partial charge in [0, 0.05) is 16.3 Å². The summed E-state index contributed by atoms with van der Waals surface area (Å²) < 4.78 is 0. The Kier molecular flexibility index (Phi) is 3.27. The molecule has 1 aliphatic heterocycles. The van der Waals surface area contributed by atoms with Crippen molar-refractivity contribution < 1.29 is 5.11 Å². The average Bonchev–Trinajstić information content (AvgIpc) is 2.39. The van der Waals surface area contributed by atoms with Gasteiger partial charge in [0.1, 0.15) is 5.75 Å². The van der Waals surface area contributed by atoms with Crippen molar-refractivity contribution in [2.45, 2.75) is 26.3 Å². The van der Waals surface area contributed by atoms with Gasteiger partial charge in [-0.05, 0) is 55.2 Å². The molecule has 0 radical (unpaired) electrons. The maximum atomic E-state index is 10.1. The van der Waals surface area contributed by atoms with Crippen LogP contribution in [0.1, 0.15) is 25.0 Å². The van der Waals surface area contributed by atoms with E-state index >= 15 is 0 Å². The van der Waals surface area contributed by atoms with Gasteiger partial charge in [0.15, 0.2) is 0 Å². The summed E-state index contributed by atoms with van der Waals surface area (Å²) >= 11 is 5.95. The third-order valence-electron chi connectivity index (χ3n) is 3.72. The lowest BCUT2D eigenvalue weighted by Crippen LogP contribution is -2.17. The molecule has 0 bridgehead atoms. The van der Waals surface area contributed by atoms with Crippen LogP contribution in [0.5, 0.6) is 5.75 Å². The van der Waals surface area contributed by atoms with Gasteiger partial charge >= 0.3 is 0 Å². The van der Waals surface area contributed by atoms with E-state index in [9.17, 15) is 5.11 Å². The number of aliphatic imine (C=N–C) groups is 1. The van der Waals surface area contributed by atoms with Crippen molar-refractivity contribution in [1.29, 1.82) is 0 Å². The molecular formula is C17H16ClNO. The van der Waals surface area contributed by atoms with Crippen LogP contribution >= 0.6 is 11.6 Å². The second-order valence-corrected chi connectivity index (χ2v) is 5.70. The van der Waals surface area contributed by atoms with E-state index in [1.54, 1.807) is 6.07 Å². The van der Waals surface area contributed by atoms with Crippen LogP contribution in [0.15, 0.2) is 41.4 Å². The van der Waals surface area contributed by atoms with E-state index < -0.39 is 0 Å². The first-order chi connectivity index (χ1) is 9.56. The summed E-state index contributed by atoms with van der Waals surface area (Å²) in [6, 6.07) is 11.8. The summed E-state index contributed by atoms with van der Waals surface area (Å²) in [5.41, 5.74) is 5.23. The fourth-order valence-corrected chi connectivity index (χ4v) is 3.01. The highest BCUT2D eigenvalue weighted by molar-refractivity contribution is 6.30. The molecule has 3 heteroatoms. The van der Waals surface area contributed by atoms with Crippen molar-refractivity contribution in [2.75, 3.05) is 0 Å². The molecule has 20 heavy (non-hydrogen) atoms. The third-order valence-corrected chi connectivity index (χ3v) is 3.97. The Balaban J connectivity index is 2.22. The molecule has 0 spiro atoms. The van der Waals surface area contributed by atoms with Gasteiger partial charge < -0.3 is 5.11 Å². The molecule has 0 unspecified atom stereocenters. The summed E-state index contributed by atoms with van der Waals surface area (Å²) in [5.74, 6) is 0.311. The number of hydrogen-bond acceptors (Lipinski definition) is 2. The number of rotatable bonds is 1. The van der Waals surface area contributed by atoms with E-state index in [0.717, 1.165) is 33.8 Å². The number of halogens is 1. The van der Waals surface area contributed by atoms with Crippen molar-refractivity contribution in [3.8, 4) is 16.9 Å². The van der Waals surface area contributed by atoms with Crippen LogP contribution in [0.4, 0.5) is 0 Å². The summed E-state index contributed by atoms with van der Waals surface area (Å²) in [6.45, 7) is 4.06. The lowest BCUT2D eigenvalue weighted by molar-refractivity contribution is 0.472. The largest absolute Gasteiger partial charge is 0.507 e. The second kappa shape index (κ2) is 4.95. The van der Waals surface area contributed by atoms with Crippen LogP contribution in [0.25, 0.3) is 11.1 Å². The summed E-state index contributed by atoms with van der Waals surface area (Å²) in [4.78, 5) is 4.57. The lowest BCUT2D eigenvalue weighted by atomic mass is 9.87. The first-order valence-electron chi connectivity index (χ1n) is 6.72. The molecule has 1 atom stereocenters. The Labute approximate surface area is 123 Å². The summed E-state index contributed by atoms with van der Waals surface area (Å²) in [5, 5.41) is 10.9. The summed E-state index contributed by atoms with van der Waals surface area (Å²) in [6.07, 6.45) is 0.846. The Hall–Kier alpha value is -1.80. The smallest absolute Gasteiger partial charge is 0.124 e. The van der Waals surface area contributed by atoms with E-state index in [1.807, 2.05) is 37.3 Å². The maximum absolute atomic E-state index is 10.1. The highest BCUT2D eigenvalue weighted by Gasteiger charge is 2.22. The number of phenols is 1. The van der Waals surface area contributed by atoms with Gasteiger partial charge in [0.2, 0.25) is 0 Å². The first kappa shape index (κ1) is 13.2. The van der Waals surface area contributed by atoms with E-state index in [2.05, 4.69) is 11.9 Å². The molecule has 1 N–H and O–H groups in total. The van der Waals surface area contributed by atoms with E-state index in [1.165, 1.54) is 5.56 Å². The predicted octanol–water partition coefficient (Wildman–Crippen LogP) is 4.47. The van der Waals surface area contributed by atoms with Gasteiger partial charge in [-0.3, -0.25) is 4.99 Å². The third kappa shape index (κ3) is 2.20. The standard InChI is InChI=1S/C17H16ClNO/c1-10-9-15-14(12-3-5-13(18)6-4-12)7-8-16(20)17(15)11(2)19-10/h3-8,10,20H,9H2,1-2H3/t10-/m1/s1. The van der Waals surface area contributed by atoms with Gasteiger partial charge in [-0.15, -0.1) is 0 Å². The number of benzene rings is 2. The van der Waals surface area contributed by atoms with Crippen LogP contribution in [-0.2, 0) is 6.42 Å². The topological polar surface area (TPSA) is 32.6 Å². The maximum Gasteiger partial charge on any atom is 0.124 e. The number of nitrogens with zero attached hydrogens (tertiary/aromatic N) is 1. The quantitative estimate of drug-likeness (QED) is 0.824. The molecule has 102 valence electrons. The molecule has 0 aliphatic carbocycles. The molecule has 0 saturated heterocycles. The minimum absolute atomic E-state index is 0.246. The highest BCUT2D eigenvalue weighted by Crippen LogP contribution is 2.36. The minimum Gasteiger partial charge on any atom is -0.507 e. The van der Waals surface area contributed by atoms with Gasteiger partial charge in [0.25, 0.3) is 0 Å². The molecule has 2 aromatic rings. The number of fused-ring (bicyclic) bond motifs is 1.